The molecule has 1 saturated carbocycles. The lowest BCUT2D eigenvalue weighted by molar-refractivity contribution is -0.136. The number of aryl methyl sites for hydroxylation is 2. The lowest BCUT2D eigenvalue weighted by Gasteiger charge is -2.18. The Balaban J connectivity index is 1.81. The molecule has 0 unspecified atom stereocenters. The van der Waals surface area contributed by atoms with Crippen molar-refractivity contribution in [3.8, 4) is 6.19 Å². The van der Waals surface area contributed by atoms with Gasteiger partial charge in [-0.25, -0.2) is 4.79 Å². The van der Waals surface area contributed by atoms with Crippen LogP contribution in [0, 0.1) is 18.4 Å². The highest BCUT2D eigenvalue weighted by Crippen LogP contribution is 2.35. The largest absolute Gasteiger partial charge is 0.390 e. The lowest BCUT2D eigenvalue weighted by Crippen LogP contribution is -2.39. The summed E-state index contributed by atoms with van der Waals surface area (Å²) >= 11 is 1.15. The van der Waals surface area contributed by atoms with E-state index in [0.717, 1.165) is 25.3 Å². The lowest BCUT2D eigenvalue weighted by atomic mass is 10.2. The van der Waals surface area contributed by atoms with Gasteiger partial charge in [-0.1, -0.05) is 0 Å². The molecule has 1 N–H and O–H groups in total. The molecule has 12 heteroatoms. The summed E-state index contributed by atoms with van der Waals surface area (Å²) in [4.78, 5) is 33.0. The maximum atomic E-state index is 13.1. The van der Waals surface area contributed by atoms with Gasteiger partial charge in [0.25, 0.3) is 5.56 Å². The topological polar surface area (TPSA) is 95.4 Å². The fourth-order valence-corrected chi connectivity index (χ4v) is 4.96. The number of halogens is 3. The van der Waals surface area contributed by atoms with Crippen LogP contribution >= 0.6 is 11.3 Å². The molecule has 0 saturated heterocycles. The first-order chi connectivity index (χ1) is 14.2. The van der Waals surface area contributed by atoms with E-state index in [0.29, 0.717) is 49.4 Å². The van der Waals surface area contributed by atoms with Crippen molar-refractivity contribution in [3.63, 3.8) is 0 Å². The third kappa shape index (κ3) is 3.69. The van der Waals surface area contributed by atoms with Crippen LogP contribution in [-0.4, -0.2) is 39.3 Å². The molecule has 1 aliphatic carbocycles. The molecule has 2 aromatic heterocycles. The van der Waals surface area contributed by atoms with Crippen LogP contribution in [0.25, 0.3) is 10.2 Å². The number of hydrogen-bond donors (Lipinski definition) is 1. The van der Waals surface area contributed by atoms with E-state index in [1.54, 1.807) is 6.92 Å². The Morgan fingerprint density at radius 2 is 2.07 bits per heavy atom. The number of aromatic nitrogens is 2. The normalized spacial score (nSPS) is 16.8. The minimum Gasteiger partial charge on any atom is -0.335 e. The van der Waals surface area contributed by atoms with E-state index in [1.165, 1.54) is 0 Å². The highest BCUT2D eigenvalue weighted by Gasteiger charge is 2.32. The summed E-state index contributed by atoms with van der Waals surface area (Å²) in [5, 5.41) is 11.7. The van der Waals surface area contributed by atoms with Crippen molar-refractivity contribution in [2.45, 2.75) is 51.5 Å². The van der Waals surface area contributed by atoms with E-state index < -0.39 is 30.4 Å². The molecule has 0 amide bonds. The number of rotatable bonds is 5. The number of nitrogens with one attached hydrogen (secondary N) is 1. The molecule has 0 spiro atoms. The Bertz CT molecular complexity index is 1180. The van der Waals surface area contributed by atoms with Gasteiger partial charge in [0.2, 0.25) is 5.96 Å². The monoisotopic (exact) mass is 440 g/mol. The van der Waals surface area contributed by atoms with Crippen molar-refractivity contribution >= 4 is 27.5 Å². The number of thiophene rings is 1. The minimum atomic E-state index is -4.41. The molecule has 0 aromatic carbocycles. The number of aliphatic imine (C=N–C) groups is 1. The van der Waals surface area contributed by atoms with E-state index >= 15 is 0 Å². The summed E-state index contributed by atoms with van der Waals surface area (Å²) in [5.41, 5.74) is -0.466. The molecule has 0 atom stereocenters. The molecule has 2 aliphatic rings. The van der Waals surface area contributed by atoms with E-state index in [4.69, 9.17) is 5.26 Å². The van der Waals surface area contributed by atoms with Gasteiger partial charge in [0.15, 0.2) is 6.19 Å². The first-order valence-corrected chi connectivity index (χ1v) is 10.3. The Morgan fingerprint density at radius 3 is 2.70 bits per heavy atom. The van der Waals surface area contributed by atoms with Crippen LogP contribution in [0.5, 0.6) is 0 Å². The van der Waals surface area contributed by atoms with E-state index in [2.05, 4.69) is 10.3 Å². The quantitative estimate of drug-likeness (QED) is 0.567. The second kappa shape index (κ2) is 7.46. The molecule has 1 aliphatic heterocycles. The van der Waals surface area contributed by atoms with Crippen LogP contribution in [0.1, 0.15) is 35.7 Å². The fraction of sp³-hybridized carbons (Fsp3) is 0.556. The number of nitriles is 1. The fourth-order valence-electron chi connectivity index (χ4n) is 3.63. The molecule has 2 aromatic rings. The van der Waals surface area contributed by atoms with Gasteiger partial charge in [0, 0.05) is 24.0 Å². The second-order valence-electron chi connectivity index (χ2n) is 7.40. The maximum absolute atomic E-state index is 13.1. The number of fused-ring (bicyclic) bond motifs is 1. The van der Waals surface area contributed by atoms with Crippen LogP contribution in [0.3, 0.4) is 0 Å². The summed E-state index contributed by atoms with van der Waals surface area (Å²) in [5.74, 6) is 0.416. The third-order valence-corrected chi connectivity index (χ3v) is 6.61. The van der Waals surface area contributed by atoms with Crippen LogP contribution in [0.15, 0.2) is 14.6 Å². The Labute approximate surface area is 172 Å². The molecule has 4 rings (SSSR count). The number of guanidine groups is 1. The Hall–Kier alpha value is -2.81. The Kier molecular flexibility index (Phi) is 5.09. The molecule has 0 bridgehead atoms. The zero-order valence-corrected chi connectivity index (χ0v) is 16.9. The standard InChI is InChI=1S/C18H19F3N6O2S/c1-10-12(8-25-7-5-23-16(25)24-9-22)30-15-13(10)14(28)27(11-2-3-11)17(29)26(15)6-4-18(19,20)21/h11H,2-8H2,1H3,(H,23,24). The highest BCUT2D eigenvalue weighted by atomic mass is 32.1. The highest BCUT2D eigenvalue weighted by molar-refractivity contribution is 7.18. The molecule has 0 radical (unpaired) electrons. The minimum absolute atomic E-state index is 0.244. The van der Waals surface area contributed by atoms with Crippen LogP contribution in [0.4, 0.5) is 13.2 Å². The molecule has 30 heavy (non-hydrogen) atoms. The second-order valence-corrected chi connectivity index (χ2v) is 8.48. The predicted molar refractivity (Wildman–Crippen MR) is 105 cm³/mol. The SMILES string of the molecule is Cc1c(CN2CCN=C2NC#N)sc2c1c(=O)n(C1CC1)c(=O)n2CCC(F)(F)F. The predicted octanol–water partition coefficient (Wildman–Crippen LogP) is 2.06. The van der Waals surface area contributed by atoms with Gasteiger partial charge < -0.3 is 4.90 Å². The van der Waals surface area contributed by atoms with Crippen molar-refractivity contribution < 1.29 is 13.2 Å². The van der Waals surface area contributed by atoms with Crippen LogP contribution in [-0.2, 0) is 13.1 Å². The zero-order chi connectivity index (χ0) is 21.6. The van der Waals surface area contributed by atoms with Crippen molar-refractivity contribution in [2.24, 2.45) is 4.99 Å². The summed E-state index contributed by atoms with van der Waals surface area (Å²) in [6, 6.07) is -0.244. The first-order valence-electron chi connectivity index (χ1n) is 9.50. The molecular weight excluding hydrogens is 421 g/mol. The van der Waals surface area contributed by atoms with Crippen molar-refractivity contribution in [2.75, 3.05) is 13.1 Å². The van der Waals surface area contributed by atoms with Gasteiger partial charge in [-0.05, 0) is 25.3 Å². The first kappa shape index (κ1) is 20.5. The van der Waals surface area contributed by atoms with Gasteiger partial charge in [-0.2, -0.15) is 18.4 Å². The van der Waals surface area contributed by atoms with Gasteiger partial charge in [0.05, 0.1) is 24.9 Å². The van der Waals surface area contributed by atoms with E-state index in [-0.39, 0.29) is 10.9 Å². The smallest absolute Gasteiger partial charge is 0.335 e. The summed E-state index contributed by atoms with van der Waals surface area (Å²) in [6.45, 7) is 2.65. The van der Waals surface area contributed by atoms with Crippen molar-refractivity contribution in [1.82, 2.24) is 19.4 Å². The Morgan fingerprint density at radius 1 is 1.33 bits per heavy atom. The molecule has 3 heterocycles. The van der Waals surface area contributed by atoms with Crippen LogP contribution in [0.2, 0.25) is 0 Å². The summed E-state index contributed by atoms with van der Waals surface area (Å²) in [6.07, 6.45) is -2.39. The van der Waals surface area contributed by atoms with Crippen molar-refractivity contribution in [1.29, 1.82) is 5.26 Å². The van der Waals surface area contributed by atoms with Crippen LogP contribution < -0.4 is 16.6 Å². The van der Waals surface area contributed by atoms with E-state index in [9.17, 15) is 22.8 Å². The summed E-state index contributed by atoms with van der Waals surface area (Å²) in [7, 11) is 0. The summed E-state index contributed by atoms with van der Waals surface area (Å²) < 4.78 is 40.8. The average molecular weight is 440 g/mol. The van der Waals surface area contributed by atoms with Gasteiger partial charge in [0.1, 0.15) is 4.83 Å². The zero-order valence-electron chi connectivity index (χ0n) is 16.1. The average Bonchev–Trinajstić information content (AvgIpc) is 3.31. The maximum Gasteiger partial charge on any atom is 0.390 e. The molecule has 8 nitrogen and oxygen atoms in total. The van der Waals surface area contributed by atoms with Gasteiger partial charge in [-0.15, -0.1) is 11.3 Å². The molecule has 1 fully saturated rings. The number of alkyl halides is 3. The third-order valence-electron chi connectivity index (χ3n) is 5.31. The number of hydrogen-bond acceptors (Lipinski definition) is 7. The number of nitrogens with zero attached hydrogens (tertiary/aromatic N) is 5. The van der Waals surface area contributed by atoms with E-state index in [1.807, 2.05) is 11.1 Å². The van der Waals surface area contributed by atoms with Gasteiger partial charge >= 0.3 is 11.9 Å². The van der Waals surface area contributed by atoms with Crippen molar-refractivity contribution in [3.05, 3.63) is 31.3 Å². The molecule has 160 valence electrons. The molecular formula is C18H19F3N6O2S. The van der Waals surface area contributed by atoms with Gasteiger partial charge in [-0.3, -0.25) is 24.2 Å².